The lowest BCUT2D eigenvalue weighted by molar-refractivity contribution is -0.129. The van der Waals surface area contributed by atoms with E-state index in [1.165, 1.54) is 15.8 Å². The number of nitrogens with one attached hydrogen (secondary N) is 3. The minimum absolute atomic E-state index is 0.0269. The first-order valence-corrected chi connectivity index (χ1v) is 7.47. The molecule has 124 valence electrons. The Morgan fingerprint density at radius 3 is 2.79 bits per heavy atom. The largest absolute Gasteiger partial charge is 0.347 e. The predicted molar refractivity (Wildman–Crippen MR) is 90.2 cm³/mol. The molecule has 0 aliphatic carbocycles. The topological polar surface area (TPSA) is 112 Å². The summed E-state index contributed by atoms with van der Waals surface area (Å²) in [5, 5.41) is 10.3. The Morgan fingerprint density at radius 2 is 2.04 bits per heavy atom. The quantitative estimate of drug-likeness (QED) is 0.614. The number of anilines is 1. The fraction of sp³-hybridized carbons (Fsp3) is 0.214. The fourth-order valence-electron chi connectivity index (χ4n) is 2.07. The van der Waals surface area contributed by atoms with Crippen molar-refractivity contribution in [2.75, 3.05) is 19.4 Å². The van der Waals surface area contributed by atoms with E-state index >= 15 is 0 Å². The Balaban J connectivity index is 1.73. The van der Waals surface area contributed by atoms with Crippen molar-refractivity contribution in [1.82, 2.24) is 29.9 Å². The number of hydrogen-bond donors (Lipinski definition) is 3. The minimum atomic E-state index is -0.410. The SMILES string of the molecule is CN(C)C(=O)Cn1cc(C(=O)Nc2ccc3[nH]c(=S)[nH]c3c2)nn1. The van der Waals surface area contributed by atoms with Gasteiger partial charge in [0.15, 0.2) is 10.5 Å². The van der Waals surface area contributed by atoms with E-state index in [4.69, 9.17) is 12.2 Å². The van der Waals surface area contributed by atoms with E-state index in [0.717, 1.165) is 11.0 Å². The number of carbonyl (C=O) groups is 2. The van der Waals surface area contributed by atoms with Gasteiger partial charge in [0, 0.05) is 19.8 Å². The first kappa shape index (κ1) is 15.9. The van der Waals surface area contributed by atoms with Crippen molar-refractivity contribution in [2.24, 2.45) is 0 Å². The Hall–Kier alpha value is -3.01. The highest BCUT2D eigenvalue weighted by atomic mass is 32.1. The summed E-state index contributed by atoms with van der Waals surface area (Å²) >= 11 is 5.03. The lowest BCUT2D eigenvalue weighted by Gasteiger charge is -2.08. The van der Waals surface area contributed by atoms with Crippen molar-refractivity contribution >= 4 is 40.8 Å². The van der Waals surface area contributed by atoms with E-state index in [1.807, 2.05) is 6.07 Å². The van der Waals surface area contributed by atoms with E-state index in [-0.39, 0.29) is 18.1 Å². The molecule has 0 aliphatic heterocycles. The molecular formula is C14H15N7O2S. The van der Waals surface area contributed by atoms with E-state index in [2.05, 4.69) is 25.6 Å². The number of amides is 2. The van der Waals surface area contributed by atoms with Gasteiger partial charge in [0.1, 0.15) is 6.54 Å². The van der Waals surface area contributed by atoms with Gasteiger partial charge in [-0.25, -0.2) is 4.68 Å². The summed E-state index contributed by atoms with van der Waals surface area (Å²) in [6, 6.07) is 5.32. The molecule has 0 aliphatic rings. The Bertz CT molecular complexity index is 969. The van der Waals surface area contributed by atoms with Crippen LogP contribution < -0.4 is 5.32 Å². The maximum atomic E-state index is 12.2. The van der Waals surface area contributed by atoms with Crippen molar-refractivity contribution in [2.45, 2.75) is 6.54 Å². The zero-order valence-corrected chi connectivity index (χ0v) is 13.8. The first-order valence-electron chi connectivity index (χ1n) is 7.06. The van der Waals surface area contributed by atoms with Crippen LogP contribution in [0.4, 0.5) is 5.69 Å². The summed E-state index contributed by atoms with van der Waals surface area (Å²) in [5.74, 6) is -0.549. The van der Waals surface area contributed by atoms with Crippen LogP contribution in [0.25, 0.3) is 11.0 Å². The van der Waals surface area contributed by atoms with Crippen LogP contribution in [0.15, 0.2) is 24.4 Å². The number of rotatable bonds is 4. The van der Waals surface area contributed by atoms with Gasteiger partial charge in [-0.05, 0) is 30.4 Å². The van der Waals surface area contributed by atoms with Gasteiger partial charge in [-0.3, -0.25) is 9.59 Å². The summed E-state index contributed by atoms with van der Waals surface area (Å²) in [5.41, 5.74) is 2.37. The fourth-order valence-corrected chi connectivity index (χ4v) is 2.29. The Kier molecular flexibility index (Phi) is 4.13. The molecule has 0 bridgehead atoms. The molecule has 3 aromatic rings. The van der Waals surface area contributed by atoms with Crippen molar-refractivity contribution in [3.8, 4) is 0 Å². The van der Waals surface area contributed by atoms with Gasteiger partial charge in [-0.15, -0.1) is 5.10 Å². The second kappa shape index (κ2) is 6.24. The van der Waals surface area contributed by atoms with Crippen LogP contribution in [0, 0.1) is 4.77 Å². The van der Waals surface area contributed by atoms with Crippen molar-refractivity contribution in [3.05, 3.63) is 34.9 Å². The number of carbonyl (C=O) groups excluding carboxylic acids is 2. The highest BCUT2D eigenvalue weighted by Gasteiger charge is 2.13. The number of nitrogens with zero attached hydrogens (tertiary/aromatic N) is 4. The maximum Gasteiger partial charge on any atom is 0.277 e. The number of hydrogen-bond acceptors (Lipinski definition) is 5. The third kappa shape index (κ3) is 3.33. The van der Waals surface area contributed by atoms with Crippen molar-refractivity contribution < 1.29 is 9.59 Å². The Morgan fingerprint density at radius 1 is 1.29 bits per heavy atom. The molecule has 0 fully saturated rings. The predicted octanol–water partition coefficient (Wildman–Crippen LogP) is 1.16. The first-order chi connectivity index (χ1) is 11.4. The van der Waals surface area contributed by atoms with Crippen molar-refractivity contribution in [3.63, 3.8) is 0 Å². The molecule has 0 radical (unpaired) electrons. The van der Waals surface area contributed by atoms with Gasteiger partial charge in [0.05, 0.1) is 17.2 Å². The normalized spacial score (nSPS) is 10.8. The van der Waals surface area contributed by atoms with Crippen LogP contribution in [-0.4, -0.2) is 55.8 Å². The van der Waals surface area contributed by atoms with E-state index < -0.39 is 5.91 Å². The molecule has 3 rings (SSSR count). The molecule has 9 nitrogen and oxygen atoms in total. The molecule has 2 aromatic heterocycles. The minimum Gasteiger partial charge on any atom is -0.347 e. The molecule has 3 N–H and O–H groups in total. The van der Waals surface area contributed by atoms with Gasteiger partial charge >= 0.3 is 0 Å². The third-order valence-corrected chi connectivity index (χ3v) is 3.55. The maximum absolute atomic E-state index is 12.2. The number of likely N-dealkylation sites (N-methyl/N-ethyl adjacent to an activating group) is 1. The number of aromatic amines is 2. The number of aromatic nitrogens is 5. The standard InChI is InChI=1S/C14H15N7O2S/c1-20(2)12(22)7-21-6-11(18-19-21)13(23)15-8-3-4-9-10(5-8)17-14(24)16-9/h3-6H,7H2,1-2H3,(H,15,23)(H2,16,17,24). The van der Waals surface area contributed by atoms with E-state index in [9.17, 15) is 9.59 Å². The molecule has 0 atom stereocenters. The lowest BCUT2D eigenvalue weighted by Crippen LogP contribution is -2.26. The smallest absolute Gasteiger partial charge is 0.277 e. The third-order valence-electron chi connectivity index (χ3n) is 3.34. The van der Waals surface area contributed by atoms with Gasteiger partial charge in [-0.2, -0.15) is 0 Å². The van der Waals surface area contributed by atoms with Crippen LogP contribution in [0.5, 0.6) is 0 Å². The number of H-pyrrole nitrogens is 2. The number of imidazole rings is 1. The molecular weight excluding hydrogens is 330 g/mol. The summed E-state index contributed by atoms with van der Waals surface area (Å²) in [4.78, 5) is 31.3. The van der Waals surface area contributed by atoms with Gasteiger partial charge < -0.3 is 20.2 Å². The second-order valence-electron chi connectivity index (χ2n) is 5.38. The average Bonchev–Trinajstić information content (AvgIpc) is 3.12. The molecule has 24 heavy (non-hydrogen) atoms. The summed E-state index contributed by atoms with van der Waals surface area (Å²) in [7, 11) is 3.30. The highest BCUT2D eigenvalue weighted by Crippen LogP contribution is 2.16. The van der Waals surface area contributed by atoms with Gasteiger partial charge in [-0.1, -0.05) is 5.21 Å². The molecule has 10 heteroatoms. The second-order valence-corrected chi connectivity index (χ2v) is 5.79. The van der Waals surface area contributed by atoms with Crippen LogP contribution in [-0.2, 0) is 11.3 Å². The molecule has 0 unspecified atom stereocenters. The Labute approximate surface area is 141 Å². The zero-order valence-electron chi connectivity index (χ0n) is 13.0. The van der Waals surface area contributed by atoms with Gasteiger partial charge in [0.25, 0.3) is 5.91 Å². The summed E-state index contributed by atoms with van der Waals surface area (Å²) in [6.45, 7) is 0.0269. The summed E-state index contributed by atoms with van der Waals surface area (Å²) < 4.78 is 1.84. The van der Waals surface area contributed by atoms with Crippen LogP contribution in [0.2, 0.25) is 0 Å². The molecule has 1 aromatic carbocycles. The van der Waals surface area contributed by atoms with Crippen molar-refractivity contribution in [1.29, 1.82) is 0 Å². The van der Waals surface area contributed by atoms with E-state index in [1.54, 1.807) is 26.2 Å². The molecule has 2 heterocycles. The van der Waals surface area contributed by atoms with E-state index in [0.29, 0.717) is 10.5 Å². The zero-order chi connectivity index (χ0) is 17.3. The number of fused-ring (bicyclic) bond motifs is 1. The summed E-state index contributed by atoms with van der Waals surface area (Å²) in [6.07, 6.45) is 1.43. The average molecular weight is 345 g/mol. The number of benzene rings is 1. The monoisotopic (exact) mass is 345 g/mol. The van der Waals surface area contributed by atoms with Crippen LogP contribution in [0.1, 0.15) is 10.5 Å². The highest BCUT2D eigenvalue weighted by molar-refractivity contribution is 7.71. The van der Waals surface area contributed by atoms with Gasteiger partial charge in [0.2, 0.25) is 5.91 Å². The molecule has 0 saturated carbocycles. The molecule has 2 amide bonds. The molecule has 0 saturated heterocycles. The van der Waals surface area contributed by atoms with Crippen LogP contribution in [0.3, 0.4) is 0 Å². The lowest BCUT2D eigenvalue weighted by atomic mass is 10.2. The van der Waals surface area contributed by atoms with Crippen LogP contribution >= 0.6 is 12.2 Å². The molecule has 0 spiro atoms.